The molecule has 0 amide bonds. The van der Waals surface area contributed by atoms with Crippen molar-refractivity contribution < 1.29 is 13.2 Å². The van der Waals surface area contributed by atoms with E-state index in [1.807, 2.05) is 0 Å². The van der Waals surface area contributed by atoms with Gasteiger partial charge in [-0.15, -0.1) is 0 Å². The Kier molecular flexibility index (Phi) is 4.36. The second kappa shape index (κ2) is 5.37. The minimum atomic E-state index is -3.04. The molecule has 17 heavy (non-hydrogen) atoms. The Morgan fingerprint density at radius 3 is 2.65 bits per heavy atom. The highest BCUT2D eigenvalue weighted by Crippen LogP contribution is 2.22. The second-order valence-corrected chi connectivity index (χ2v) is 6.20. The standard InChI is InChI=1S/C10H13ClN2O3S/c1-17(14,15)5-4-16-7-2-3-8(10(12)13)9(11)6-7/h2-3,6H,4-5H2,1H3,(H3,12,13). The van der Waals surface area contributed by atoms with Gasteiger partial charge in [0.25, 0.3) is 0 Å². The van der Waals surface area contributed by atoms with Gasteiger partial charge in [0.2, 0.25) is 0 Å². The second-order valence-electron chi connectivity index (χ2n) is 3.53. The van der Waals surface area contributed by atoms with E-state index >= 15 is 0 Å². The summed E-state index contributed by atoms with van der Waals surface area (Å²) in [4.78, 5) is 0. The Labute approximate surface area is 105 Å². The Bertz CT molecular complexity index is 528. The Hall–Kier alpha value is -1.27. The third-order valence-electron chi connectivity index (χ3n) is 1.95. The van der Waals surface area contributed by atoms with Gasteiger partial charge in [0.05, 0.1) is 10.8 Å². The first kappa shape index (κ1) is 13.8. The molecule has 0 fully saturated rings. The number of sulfone groups is 1. The van der Waals surface area contributed by atoms with Crippen molar-refractivity contribution >= 4 is 27.3 Å². The first-order valence-corrected chi connectivity index (χ1v) is 7.18. The van der Waals surface area contributed by atoms with Crippen LogP contribution in [0, 0.1) is 5.41 Å². The van der Waals surface area contributed by atoms with E-state index < -0.39 is 9.84 Å². The van der Waals surface area contributed by atoms with Crippen molar-refractivity contribution in [1.82, 2.24) is 0 Å². The maximum absolute atomic E-state index is 10.9. The lowest BCUT2D eigenvalue weighted by molar-refractivity contribution is 0.341. The fourth-order valence-electron chi connectivity index (χ4n) is 1.11. The summed E-state index contributed by atoms with van der Waals surface area (Å²) in [5.41, 5.74) is 5.72. The summed E-state index contributed by atoms with van der Waals surface area (Å²) in [6, 6.07) is 4.64. The van der Waals surface area contributed by atoms with Crippen molar-refractivity contribution in [3.8, 4) is 5.75 Å². The van der Waals surface area contributed by atoms with Crippen LogP contribution in [0.1, 0.15) is 5.56 Å². The van der Waals surface area contributed by atoms with Crippen LogP contribution < -0.4 is 10.5 Å². The van der Waals surface area contributed by atoms with Gasteiger partial charge in [0.15, 0.2) is 9.84 Å². The van der Waals surface area contributed by atoms with Gasteiger partial charge in [0, 0.05) is 11.8 Å². The number of ether oxygens (including phenoxy) is 1. The zero-order valence-corrected chi connectivity index (χ0v) is 10.8. The molecule has 0 aliphatic rings. The molecular formula is C10H13ClN2O3S. The van der Waals surface area contributed by atoms with Gasteiger partial charge < -0.3 is 10.5 Å². The van der Waals surface area contributed by atoms with E-state index in [-0.39, 0.29) is 18.2 Å². The zero-order valence-electron chi connectivity index (χ0n) is 9.23. The molecule has 5 nitrogen and oxygen atoms in total. The van der Waals surface area contributed by atoms with Gasteiger partial charge in [-0.3, -0.25) is 5.41 Å². The number of nitrogens with one attached hydrogen (secondary N) is 1. The van der Waals surface area contributed by atoms with Crippen LogP contribution in [-0.2, 0) is 9.84 Å². The average molecular weight is 277 g/mol. The molecule has 1 aromatic carbocycles. The largest absolute Gasteiger partial charge is 0.492 e. The summed E-state index contributed by atoms with van der Waals surface area (Å²) >= 11 is 5.87. The highest BCUT2D eigenvalue weighted by Gasteiger charge is 2.06. The third-order valence-corrected chi connectivity index (χ3v) is 3.17. The van der Waals surface area contributed by atoms with Crippen LogP contribution in [-0.4, -0.2) is 32.9 Å². The molecule has 94 valence electrons. The van der Waals surface area contributed by atoms with Gasteiger partial charge in [-0.2, -0.15) is 0 Å². The Morgan fingerprint density at radius 2 is 2.18 bits per heavy atom. The van der Waals surface area contributed by atoms with Crippen LogP contribution in [0.3, 0.4) is 0 Å². The van der Waals surface area contributed by atoms with E-state index in [0.717, 1.165) is 6.26 Å². The quantitative estimate of drug-likeness (QED) is 0.621. The lowest BCUT2D eigenvalue weighted by Gasteiger charge is -2.07. The number of amidine groups is 1. The van der Waals surface area contributed by atoms with Crippen molar-refractivity contribution in [3.63, 3.8) is 0 Å². The summed E-state index contributed by atoms with van der Waals surface area (Å²) in [5, 5.41) is 7.54. The van der Waals surface area contributed by atoms with Crippen LogP contribution >= 0.6 is 11.6 Å². The van der Waals surface area contributed by atoms with Crippen LogP contribution in [0.2, 0.25) is 5.02 Å². The van der Waals surface area contributed by atoms with E-state index in [0.29, 0.717) is 16.3 Å². The molecule has 0 radical (unpaired) electrons. The van der Waals surface area contributed by atoms with E-state index in [4.69, 9.17) is 27.5 Å². The predicted octanol–water partition coefficient (Wildman–Crippen LogP) is 1.05. The highest BCUT2D eigenvalue weighted by atomic mass is 35.5. The lowest BCUT2D eigenvalue weighted by atomic mass is 10.2. The minimum Gasteiger partial charge on any atom is -0.492 e. The Balaban J connectivity index is 2.68. The number of hydrogen-bond donors (Lipinski definition) is 2. The zero-order chi connectivity index (χ0) is 13.1. The van der Waals surface area contributed by atoms with Crippen LogP contribution in [0.5, 0.6) is 5.75 Å². The summed E-state index contributed by atoms with van der Waals surface area (Å²) in [5.74, 6) is 0.264. The molecule has 7 heteroatoms. The monoisotopic (exact) mass is 276 g/mol. The molecule has 1 aromatic rings. The molecular weight excluding hydrogens is 264 g/mol. The van der Waals surface area contributed by atoms with E-state index in [1.54, 1.807) is 12.1 Å². The molecule has 0 aliphatic heterocycles. The lowest BCUT2D eigenvalue weighted by Crippen LogP contribution is -2.13. The van der Waals surface area contributed by atoms with E-state index in [9.17, 15) is 8.42 Å². The molecule has 0 bridgehead atoms. The minimum absolute atomic E-state index is 0.0565. The highest BCUT2D eigenvalue weighted by molar-refractivity contribution is 7.90. The maximum atomic E-state index is 10.9. The fraction of sp³-hybridized carbons (Fsp3) is 0.300. The number of nitrogen functional groups attached to an aromatic ring is 1. The molecule has 0 heterocycles. The molecule has 1 rings (SSSR count). The maximum Gasteiger partial charge on any atom is 0.150 e. The van der Waals surface area contributed by atoms with Crippen LogP contribution in [0.4, 0.5) is 0 Å². The van der Waals surface area contributed by atoms with Gasteiger partial charge in [-0.1, -0.05) is 11.6 Å². The normalized spacial score (nSPS) is 11.2. The number of nitrogens with two attached hydrogens (primary N) is 1. The van der Waals surface area contributed by atoms with Crippen molar-refractivity contribution in [2.75, 3.05) is 18.6 Å². The summed E-state index contributed by atoms with van der Waals surface area (Å²) in [7, 11) is -3.04. The van der Waals surface area contributed by atoms with Gasteiger partial charge in [-0.25, -0.2) is 8.42 Å². The topological polar surface area (TPSA) is 93.2 Å². The van der Waals surface area contributed by atoms with E-state index in [1.165, 1.54) is 6.07 Å². The first-order chi connectivity index (χ1) is 7.79. The molecule has 0 saturated carbocycles. The Morgan fingerprint density at radius 1 is 1.53 bits per heavy atom. The van der Waals surface area contributed by atoms with Gasteiger partial charge in [0.1, 0.15) is 18.2 Å². The molecule has 0 spiro atoms. The van der Waals surface area contributed by atoms with Crippen molar-refractivity contribution in [1.29, 1.82) is 5.41 Å². The average Bonchev–Trinajstić information content (AvgIpc) is 2.15. The molecule has 0 atom stereocenters. The summed E-state index contributed by atoms with van der Waals surface area (Å²) < 4.78 is 27.0. The molecule has 0 aliphatic carbocycles. The molecule has 0 aromatic heterocycles. The summed E-state index contributed by atoms with van der Waals surface area (Å²) in [6.45, 7) is 0.0641. The van der Waals surface area contributed by atoms with Crippen LogP contribution in [0.25, 0.3) is 0 Å². The molecule has 0 unspecified atom stereocenters. The van der Waals surface area contributed by atoms with Crippen LogP contribution in [0.15, 0.2) is 18.2 Å². The number of benzene rings is 1. The molecule has 0 saturated heterocycles. The number of hydrogen-bond acceptors (Lipinski definition) is 4. The third kappa shape index (κ3) is 4.62. The first-order valence-electron chi connectivity index (χ1n) is 4.74. The van der Waals surface area contributed by atoms with Gasteiger partial charge >= 0.3 is 0 Å². The fourth-order valence-corrected chi connectivity index (χ4v) is 1.77. The van der Waals surface area contributed by atoms with Crippen molar-refractivity contribution in [2.24, 2.45) is 5.73 Å². The van der Waals surface area contributed by atoms with Gasteiger partial charge in [-0.05, 0) is 18.2 Å². The predicted molar refractivity (Wildman–Crippen MR) is 67.7 cm³/mol. The number of halogens is 1. The van der Waals surface area contributed by atoms with Crippen molar-refractivity contribution in [3.05, 3.63) is 28.8 Å². The molecule has 3 N–H and O–H groups in total. The summed E-state index contributed by atoms with van der Waals surface area (Å²) in [6.07, 6.45) is 1.14. The van der Waals surface area contributed by atoms with Crippen molar-refractivity contribution in [2.45, 2.75) is 0 Å². The van der Waals surface area contributed by atoms with E-state index in [2.05, 4.69) is 0 Å². The smallest absolute Gasteiger partial charge is 0.150 e. The SMILES string of the molecule is CS(=O)(=O)CCOc1ccc(C(=N)N)c(Cl)c1. The number of rotatable bonds is 5.